The van der Waals surface area contributed by atoms with E-state index in [0.29, 0.717) is 18.0 Å². The normalized spacial score (nSPS) is 11.9. The number of ether oxygens (including phenoxy) is 1. The Kier molecular flexibility index (Phi) is 6.36. The van der Waals surface area contributed by atoms with Crippen LogP contribution < -0.4 is 10.1 Å². The van der Waals surface area contributed by atoms with Gasteiger partial charge in [0.05, 0.1) is 24.6 Å². The van der Waals surface area contributed by atoms with Crippen molar-refractivity contribution in [2.45, 2.75) is 37.7 Å². The predicted octanol–water partition coefficient (Wildman–Crippen LogP) is 4.07. The minimum atomic E-state index is -0.344. The second kappa shape index (κ2) is 8.93. The molecule has 6 nitrogen and oxygen atoms in total. The fraction of sp³-hybridized carbons (Fsp3) is 0.286. The van der Waals surface area contributed by atoms with Crippen LogP contribution >= 0.6 is 11.8 Å². The minimum absolute atomic E-state index is 0.110. The third kappa shape index (κ3) is 4.72. The molecule has 1 atom stereocenters. The van der Waals surface area contributed by atoms with Crippen molar-refractivity contribution in [3.63, 3.8) is 0 Å². The maximum absolute atomic E-state index is 12.7. The van der Waals surface area contributed by atoms with Crippen LogP contribution in [0.3, 0.4) is 0 Å². The molecule has 146 valence electrons. The second-order valence-corrected chi connectivity index (χ2v) is 7.86. The molecule has 3 rings (SSSR count). The van der Waals surface area contributed by atoms with Crippen molar-refractivity contribution in [2.24, 2.45) is 0 Å². The lowest BCUT2D eigenvalue weighted by Crippen LogP contribution is -2.23. The summed E-state index contributed by atoms with van der Waals surface area (Å²) in [4.78, 5) is 12.7. The molecule has 0 aliphatic carbocycles. The van der Waals surface area contributed by atoms with E-state index in [2.05, 4.69) is 27.6 Å². The van der Waals surface area contributed by atoms with Gasteiger partial charge >= 0.3 is 0 Å². The summed E-state index contributed by atoms with van der Waals surface area (Å²) in [6, 6.07) is 15.8. The molecule has 1 amide bonds. The summed E-state index contributed by atoms with van der Waals surface area (Å²) >= 11 is 1.39. The molecular formula is C21H24N4O2S. The van der Waals surface area contributed by atoms with Gasteiger partial charge in [-0.15, -0.1) is 10.2 Å². The number of anilines is 1. The Morgan fingerprint density at radius 1 is 1.18 bits per heavy atom. The molecule has 1 heterocycles. The molecule has 0 fully saturated rings. The van der Waals surface area contributed by atoms with Crippen LogP contribution in [0.2, 0.25) is 0 Å². The number of methoxy groups -OCH3 is 1. The van der Waals surface area contributed by atoms with E-state index in [1.54, 1.807) is 7.11 Å². The van der Waals surface area contributed by atoms with Gasteiger partial charge in [0.15, 0.2) is 5.16 Å². The van der Waals surface area contributed by atoms with Gasteiger partial charge in [-0.1, -0.05) is 48.2 Å². The largest absolute Gasteiger partial charge is 0.495 e. The van der Waals surface area contributed by atoms with Crippen LogP contribution in [0.15, 0.2) is 53.7 Å². The summed E-state index contributed by atoms with van der Waals surface area (Å²) in [6.45, 7) is 6.42. The van der Waals surface area contributed by atoms with Gasteiger partial charge < -0.3 is 14.6 Å². The Hall–Kier alpha value is -2.80. The molecule has 28 heavy (non-hydrogen) atoms. The van der Waals surface area contributed by atoms with Crippen molar-refractivity contribution in [2.75, 3.05) is 12.4 Å². The predicted molar refractivity (Wildman–Crippen MR) is 112 cm³/mol. The zero-order chi connectivity index (χ0) is 20.1. The number of aryl methyl sites for hydroxylation is 2. The zero-order valence-corrected chi connectivity index (χ0v) is 17.3. The molecular weight excluding hydrogens is 372 g/mol. The monoisotopic (exact) mass is 396 g/mol. The zero-order valence-electron chi connectivity index (χ0n) is 16.5. The van der Waals surface area contributed by atoms with E-state index in [4.69, 9.17) is 4.74 Å². The maximum atomic E-state index is 12.7. The molecule has 1 N–H and O–H groups in total. The number of carbonyl (C=O) groups excluding carboxylic acids is 1. The minimum Gasteiger partial charge on any atom is -0.495 e. The topological polar surface area (TPSA) is 69.0 Å². The quantitative estimate of drug-likeness (QED) is 0.610. The average molecular weight is 397 g/mol. The van der Waals surface area contributed by atoms with Crippen molar-refractivity contribution in [3.8, 4) is 5.75 Å². The summed E-state index contributed by atoms with van der Waals surface area (Å²) in [7, 11) is 1.59. The average Bonchev–Trinajstić information content (AvgIpc) is 3.02. The van der Waals surface area contributed by atoms with Gasteiger partial charge in [0, 0.05) is 0 Å². The van der Waals surface area contributed by atoms with Crippen molar-refractivity contribution < 1.29 is 9.53 Å². The lowest BCUT2D eigenvalue weighted by atomic mass is 10.2. The van der Waals surface area contributed by atoms with Gasteiger partial charge in [-0.25, -0.2) is 0 Å². The van der Waals surface area contributed by atoms with Gasteiger partial charge in [-0.2, -0.15) is 0 Å². The number of benzene rings is 2. The third-order valence-electron chi connectivity index (χ3n) is 4.35. The number of nitrogens with one attached hydrogen (secondary N) is 1. The van der Waals surface area contributed by atoms with E-state index in [0.717, 1.165) is 22.1 Å². The van der Waals surface area contributed by atoms with Crippen LogP contribution in [-0.4, -0.2) is 33.0 Å². The Morgan fingerprint density at radius 2 is 1.93 bits per heavy atom. The van der Waals surface area contributed by atoms with Gasteiger partial charge in [-0.05, 0) is 44.0 Å². The Morgan fingerprint density at radius 3 is 2.64 bits per heavy atom. The first-order valence-corrected chi connectivity index (χ1v) is 9.91. The molecule has 0 saturated carbocycles. The molecule has 0 aliphatic heterocycles. The maximum Gasteiger partial charge on any atom is 0.237 e. The molecule has 2 aromatic carbocycles. The molecule has 1 unspecified atom stereocenters. The highest BCUT2D eigenvalue weighted by molar-refractivity contribution is 8.00. The van der Waals surface area contributed by atoms with Crippen LogP contribution in [0.1, 0.15) is 23.9 Å². The van der Waals surface area contributed by atoms with Crippen LogP contribution in [0.25, 0.3) is 0 Å². The first-order chi connectivity index (χ1) is 13.5. The molecule has 3 aromatic rings. The number of rotatable bonds is 7. The Labute approximate surface area is 169 Å². The molecule has 0 radical (unpaired) electrons. The van der Waals surface area contributed by atoms with Crippen molar-refractivity contribution in [1.82, 2.24) is 14.8 Å². The SMILES string of the molecule is COc1ccc(C)cc1NC(=O)C(C)Sc1nnc(C)n1Cc1ccccc1. The van der Waals surface area contributed by atoms with Gasteiger partial charge in [0.1, 0.15) is 11.6 Å². The molecule has 0 bridgehead atoms. The Balaban J connectivity index is 1.72. The standard InChI is InChI=1S/C21H24N4O2S/c1-14-10-11-19(27-4)18(12-14)22-20(26)15(2)28-21-24-23-16(3)25(21)13-17-8-6-5-7-9-17/h5-12,15H,13H2,1-4H3,(H,22,26). The number of thioether (sulfide) groups is 1. The highest BCUT2D eigenvalue weighted by Gasteiger charge is 2.20. The van der Waals surface area contributed by atoms with Crippen LogP contribution in [-0.2, 0) is 11.3 Å². The molecule has 7 heteroatoms. The summed E-state index contributed by atoms with van der Waals surface area (Å²) in [5.41, 5.74) is 2.88. The fourth-order valence-corrected chi connectivity index (χ4v) is 3.66. The third-order valence-corrected chi connectivity index (χ3v) is 5.43. The van der Waals surface area contributed by atoms with Gasteiger partial charge in [0.2, 0.25) is 5.91 Å². The van der Waals surface area contributed by atoms with E-state index in [1.165, 1.54) is 11.8 Å². The molecule has 0 spiro atoms. The molecule has 0 saturated heterocycles. The number of hydrogen-bond acceptors (Lipinski definition) is 5. The van der Waals surface area contributed by atoms with Crippen LogP contribution in [0.5, 0.6) is 5.75 Å². The second-order valence-electron chi connectivity index (χ2n) is 6.55. The van der Waals surface area contributed by atoms with Gasteiger partial charge in [-0.3, -0.25) is 4.79 Å². The highest BCUT2D eigenvalue weighted by atomic mass is 32.2. The first kappa shape index (κ1) is 19.9. The van der Waals surface area contributed by atoms with Crippen LogP contribution in [0, 0.1) is 13.8 Å². The van der Waals surface area contributed by atoms with E-state index >= 15 is 0 Å². The van der Waals surface area contributed by atoms with Crippen molar-refractivity contribution >= 4 is 23.4 Å². The number of amides is 1. The number of nitrogens with zero attached hydrogens (tertiary/aromatic N) is 3. The number of hydrogen-bond donors (Lipinski definition) is 1. The van der Waals surface area contributed by atoms with Crippen LogP contribution in [0.4, 0.5) is 5.69 Å². The number of aromatic nitrogens is 3. The summed E-state index contributed by atoms with van der Waals surface area (Å²) in [5.74, 6) is 1.35. The smallest absolute Gasteiger partial charge is 0.237 e. The van der Waals surface area contributed by atoms with E-state index in [-0.39, 0.29) is 11.2 Å². The van der Waals surface area contributed by atoms with E-state index < -0.39 is 0 Å². The summed E-state index contributed by atoms with van der Waals surface area (Å²) in [6.07, 6.45) is 0. The lowest BCUT2D eigenvalue weighted by molar-refractivity contribution is -0.115. The van der Waals surface area contributed by atoms with Gasteiger partial charge in [0.25, 0.3) is 0 Å². The highest BCUT2D eigenvalue weighted by Crippen LogP contribution is 2.28. The van der Waals surface area contributed by atoms with Crippen molar-refractivity contribution in [1.29, 1.82) is 0 Å². The first-order valence-electron chi connectivity index (χ1n) is 9.04. The lowest BCUT2D eigenvalue weighted by Gasteiger charge is -2.15. The summed E-state index contributed by atoms with van der Waals surface area (Å²) < 4.78 is 7.36. The molecule has 0 aliphatic rings. The summed E-state index contributed by atoms with van der Waals surface area (Å²) in [5, 5.41) is 11.8. The Bertz CT molecular complexity index is 956. The molecule has 1 aromatic heterocycles. The number of carbonyl (C=O) groups is 1. The van der Waals surface area contributed by atoms with Crippen molar-refractivity contribution in [3.05, 3.63) is 65.5 Å². The fourth-order valence-electron chi connectivity index (χ4n) is 2.76. The van der Waals surface area contributed by atoms with E-state index in [1.807, 2.05) is 61.7 Å². The van der Waals surface area contributed by atoms with E-state index in [9.17, 15) is 4.79 Å².